The van der Waals surface area contributed by atoms with Crippen LogP contribution in [0.3, 0.4) is 0 Å². The van der Waals surface area contributed by atoms with Crippen LogP contribution < -0.4 is 0 Å². The van der Waals surface area contributed by atoms with Crippen molar-refractivity contribution >= 4 is 21.6 Å². The molecule has 1 aromatic heterocycles. The van der Waals surface area contributed by atoms with Gasteiger partial charge < -0.3 is 4.74 Å². The molecule has 0 saturated heterocycles. The van der Waals surface area contributed by atoms with Crippen molar-refractivity contribution < 1.29 is 13.2 Å². The SMILES string of the molecule is COCCN(C)S(=O)(=O)c1c(C)nn(CCCl)c1C. The molecule has 0 spiro atoms. The summed E-state index contributed by atoms with van der Waals surface area (Å²) in [5.74, 6) is 0.390. The van der Waals surface area contributed by atoms with E-state index in [1.807, 2.05) is 0 Å². The highest BCUT2D eigenvalue weighted by atomic mass is 35.5. The van der Waals surface area contributed by atoms with Crippen molar-refractivity contribution in [3.63, 3.8) is 0 Å². The van der Waals surface area contributed by atoms with Gasteiger partial charge in [-0.3, -0.25) is 4.68 Å². The predicted molar refractivity (Wildman–Crippen MR) is 74.1 cm³/mol. The summed E-state index contributed by atoms with van der Waals surface area (Å²) in [6, 6.07) is 0. The molecule has 0 unspecified atom stereocenters. The lowest BCUT2D eigenvalue weighted by molar-refractivity contribution is 0.185. The highest BCUT2D eigenvalue weighted by Crippen LogP contribution is 2.22. The summed E-state index contributed by atoms with van der Waals surface area (Å²) < 4.78 is 32.8. The third-order valence-electron chi connectivity index (χ3n) is 2.89. The number of halogens is 1. The Hall–Kier alpha value is -0.630. The largest absolute Gasteiger partial charge is 0.383 e. The fraction of sp³-hybridized carbons (Fsp3) is 0.727. The van der Waals surface area contributed by atoms with Gasteiger partial charge in [0.25, 0.3) is 0 Å². The van der Waals surface area contributed by atoms with Gasteiger partial charge in [0.05, 0.1) is 24.5 Å². The fourth-order valence-electron chi connectivity index (χ4n) is 1.85. The van der Waals surface area contributed by atoms with Gasteiger partial charge in [0, 0.05) is 26.6 Å². The van der Waals surface area contributed by atoms with E-state index in [-0.39, 0.29) is 4.90 Å². The minimum absolute atomic E-state index is 0.260. The van der Waals surface area contributed by atoms with E-state index in [9.17, 15) is 8.42 Å². The van der Waals surface area contributed by atoms with E-state index in [2.05, 4.69) is 5.10 Å². The van der Waals surface area contributed by atoms with E-state index < -0.39 is 10.0 Å². The minimum atomic E-state index is -3.54. The van der Waals surface area contributed by atoms with Crippen LogP contribution in [0.1, 0.15) is 11.4 Å². The predicted octanol–water partition coefficient (Wildman–Crippen LogP) is 1.01. The molecule has 0 atom stereocenters. The van der Waals surface area contributed by atoms with Crippen molar-refractivity contribution in [1.82, 2.24) is 14.1 Å². The van der Waals surface area contributed by atoms with Crippen molar-refractivity contribution in [3.8, 4) is 0 Å². The Labute approximate surface area is 119 Å². The molecule has 0 aliphatic heterocycles. The van der Waals surface area contributed by atoms with Gasteiger partial charge in [-0.05, 0) is 13.8 Å². The number of methoxy groups -OCH3 is 1. The zero-order chi connectivity index (χ0) is 14.6. The fourth-order valence-corrected chi connectivity index (χ4v) is 3.53. The van der Waals surface area contributed by atoms with Crippen LogP contribution >= 0.6 is 11.6 Å². The van der Waals surface area contributed by atoms with Gasteiger partial charge >= 0.3 is 0 Å². The maximum absolute atomic E-state index is 12.5. The normalized spacial score (nSPS) is 12.3. The molecule has 8 heteroatoms. The summed E-state index contributed by atoms with van der Waals surface area (Å²) in [6.07, 6.45) is 0. The molecule has 1 heterocycles. The molecule has 19 heavy (non-hydrogen) atoms. The summed E-state index contributed by atoms with van der Waals surface area (Å²) >= 11 is 5.68. The van der Waals surface area contributed by atoms with E-state index in [4.69, 9.17) is 16.3 Å². The number of hydrogen-bond acceptors (Lipinski definition) is 4. The second kappa shape index (κ2) is 6.69. The average molecular weight is 310 g/mol. The molecule has 0 fully saturated rings. The first-order chi connectivity index (χ1) is 8.86. The summed E-state index contributed by atoms with van der Waals surface area (Å²) in [5, 5.41) is 4.22. The van der Waals surface area contributed by atoms with Gasteiger partial charge in [0.15, 0.2) is 0 Å². The monoisotopic (exact) mass is 309 g/mol. The topological polar surface area (TPSA) is 64.4 Å². The molecular weight excluding hydrogens is 290 g/mol. The number of aryl methyl sites for hydroxylation is 2. The standard InChI is InChI=1S/C11H20ClN3O3S/c1-9-11(10(2)15(13-9)6-5-12)19(16,17)14(3)7-8-18-4/h5-8H2,1-4H3. The number of sulfonamides is 1. The Morgan fingerprint density at radius 3 is 2.58 bits per heavy atom. The number of ether oxygens (including phenoxy) is 1. The lowest BCUT2D eigenvalue weighted by Crippen LogP contribution is -2.30. The summed E-state index contributed by atoms with van der Waals surface area (Å²) in [4.78, 5) is 0.260. The van der Waals surface area contributed by atoms with Crippen LogP contribution in [0.15, 0.2) is 4.90 Å². The molecule has 0 aromatic carbocycles. The molecule has 0 aliphatic carbocycles. The molecule has 6 nitrogen and oxygen atoms in total. The quantitative estimate of drug-likeness (QED) is 0.705. The Morgan fingerprint density at radius 2 is 2.05 bits per heavy atom. The molecule has 0 amide bonds. The molecule has 0 saturated carbocycles. The van der Waals surface area contributed by atoms with Crippen LogP contribution in [0.2, 0.25) is 0 Å². The molecule has 0 radical (unpaired) electrons. The number of nitrogens with zero attached hydrogens (tertiary/aromatic N) is 3. The second-order valence-electron chi connectivity index (χ2n) is 4.23. The van der Waals surface area contributed by atoms with E-state index in [1.165, 1.54) is 18.5 Å². The lowest BCUT2D eigenvalue weighted by atomic mass is 10.4. The maximum atomic E-state index is 12.5. The van der Waals surface area contributed by atoms with Crippen molar-refractivity contribution in [1.29, 1.82) is 0 Å². The molecule has 1 aromatic rings. The maximum Gasteiger partial charge on any atom is 0.246 e. The molecular formula is C11H20ClN3O3S. The van der Waals surface area contributed by atoms with E-state index >= 15 is 0 Å². The molecule has 1 rings (SSSR count). The Kier molecular flexibility index (Phi) is 5.79. The van der Waals surface area contributed by atoms with E-state index in [0.717, 1.165) is 0 Å². The van der Waals surface area contributed by atoms with Gasteiger partial charge in [0.2, 0.25) is 10.0 Å². The third kappa shape index (κ3) is 3.47. The highest BCUT2D eigenvalue weighted by molar-refractivity contribution is 7.89. The molecule has 0 aliphatic rings. The van der Waals surface area contributed by atoms with E-state index in [0.29, 0.717) is 37.0 Å². The zero-order valence-electron chi connectivity index (χ0n) is 11.7. The first-order valence-corrected chi connectivity index (χ1v) is 7.89. The second-order valence-corrected chi connectivity index (χ2v) is 6.59. The number of likely N-dealkylation sites (N-methyl/N-ethyl adjacent to an activating group) is 1. The van der Waals surface area contributed by atoms with Crippen LogP contribution in [0.4, 0.5) is 0 Å². The Bertz CT molecular complexity index is 528. The van der Waals surface area contributed by atoms with Crippen LogP contribution in [0.25, 0.3) is 0 Å². The van der Waals surface area contributed by atoms with Crippen molar-refractivity contribution in [2.24, 2.45) is 0 Å². The van der Waals surface area contributed by atoms with Crippen LogP contribution in [-0.2, 0) is 21.3 Å². The third-order valence-corrected chi connectivity index (χ3v) is 5.17. The Balaban J connectivity index is 3.14. The number of alkyl halides is 1. The first-order valence-electron chi connectivity index (χ1n) is 5.91. The molecule has 0 N–H and O–H groups in total. The number of rotatable bonds is 7. The number of aromatic nitrogens is 2. The summed E-state index contributed by atoms with van der Waals surface area (Å²) in [7, 11) is -0.472. The van der Waals surface area contributed by atoms with Crippen LogP contribution in [0.5, 0.6) is 0 Å². The van der Waals surface area contributed by atoms with Gasteiger partial charge in [-0.1, -0.05) is 0 Å². The highest BCUT2D eigenvalue weighted by Gasteiger charge is 2.28. The van der Waals surface area contributed by atoms with Gasteiger partial charge in [-0.15, -0.1) is 11.6 Å². The van der Waals surface area contributed by atoms with Crippen molar-refractivity contribution in [3.05, 3.63) is 11.4 Å². The first kappa shape index (κ1) is 16.4. The smallest absolute Gasteiger partial charge is 0.246 e. The molecule has 110 valence electrons. The van der Waals surface area contributed by atoms with Gasteiger partial charge in [0.1, 0.15) is 4.90 Å². The zero-order valence-corrected chi connectivity index (χ0v) is 13.3. The minimum Gasteiger partial charge on any atom is -0.383 e. The average Bonchev–Trinajstić information content (AvgIpc) is 2.62. The van der Waals surface area contributed by atoms with Gasteiger partial charge in [-0.25, -0.2) is 8.42 Å². The summed E-state index contributed by atoms with van der Waals surface area (Å²) in [6.45, 7) is 4.58. The van der Waals surface area contributed by atoms with Crippen molar-refractivity contribution in [2.45, 2.75) is 25.3 Å². The molecule has 0 bridgehead atoms. The van der Waals surface area contributed by atoms with Crippen molar-refractivity contribution in [2.75, 3.05) is 33.2 Å². The summed E-state index contributed by atoms with van der Waals surface area (Å²) in [5.41, 5.74) is 1.11. The van der Waals surface area contributed by atoms with E-state index in [1.54, 1.807) is 18.5 Å². The Morgan fingerprint density at radius 1 is 1.42 bits per heavy atom. The van der Waals surface area contributed by atoms with Crippen LogP contribution in [-0.4, -0.2) is 55.7 Å². The lowest BCUT2D eigenvalue weighted by Gasteiger charge is -2.16. The van der Waals surface area contributed by atoms with Crippen LogP contribution in [0, 0.1) is 13.8 Å². The number of hydrogen-bond donors (Lipinski definition) is 0. The van der Waals surface area contributed by atoms with Gasteiger partial charge in [-0.2, -0.15) is 9.40 Å².